The molecular formula is C21H19BrClN3O2. The summed E-state index contributed by atoms with van der Waals surface area (Å²) in [6.07, 6.45) is 0.696. The van der Waals surface area contributed by atoms with E-state index in [2.05, 4.69) is 31.1 Å². The van der Waals surface area contributed by atoms with Crippen LogP contribution in [0.25, 0.3) is 10.9 Å². The molecule has 2 N–H and O–H groups in total. The first-order valence-corrected chi connectivity index (χ1v) is 10.3. The maximum absolute atomic E-state index is 13.2. The highest BCUT2D eigenvalue weighted by Gasteiger charge is 2.28. The summed E-state index contributed by atoms with van der Waals surface area (Å²) in [5.74, 6) is -1.21. The molecule has 0 fully saturated rings. The zero-order valence-electron chi connectivity index (χ0n) is 15.3. The zero-order chi connectivity index (χ0) is 19.8. The predicted molar refractivity (Wildman–Crippen MR) is 115 cm³/mol. The van der Waals surface area contributed by atoms with Crippen LogP contribution in [0.3, 0.4) is 0 Å². The average Bonchev–Trinajstić information content (AvgIpc) is 2.80. The molecule has 0 bridgehead atoms. The van der Waals surface area contributed by atoms with Crippen molar-refractivity contribution in [2.75, 3.05) is 18.4 Å². The van der Waals surface area contributed by atoms with E-state index in [1.165, 1.54) is 0 Å². The number of para-hydroxylation sites is 1. The van der Waals surface area contributed by atoms with Crippen molar-refractivity contribution >= 4 is 55.8 Å². The average molecular weight is 461 g/mol. The third kappa shape index (κ3) is 3.36. The van der Waals surface area contributed by atoms with E-state index in [9.17, 15) is 9.59 Å². The predicted octanol–water partition coefficient (Wildman–Crippen LogP) is 4.33. The Labute approximate surface area is 176 Å². The highest BCUT2D eigenvalue weighted by molar-refractivity contribution is 9.10. The fourth-order valence-corrected chi connectivity index (χ4v) is 4.81. The smallest absolute Gasteiger partial charge is 0.296 e. The van der Waals surface area contributed by atoms with E-state index in [1.54, 1.807) is 6.07 Å². The lowest BCUT2D eigenvalue weighted by molar-refractivity contribution is -0.112. The molecule has 28 heavy (non-hydrogen) atoms. The van der Waals surface area contributed by atoms with Gasteiger partial charge in [-0.1, -0.05) is 45.7 Å². The lowest BCUT2D eigenvalue weighted by atomic mass is 10.0. The number of carbonyl (C=O) groups is 2. The van der Waals surface area contributed by atoms with Crippen molar-refractivity contribution in [2.45, 2.75) is 19.9 Å². The fraction of sp³-hybridized carbons (Fsp3) is 0.238. The number of halogens is 2. The number of anilines is 1. The van der Waals surface area contributed by atoms with Gasteiger partial charge in [0, 0.05) is 47.1 Å². The molecule has 3 aromatic rings. The largest absolute Gasteiger partial charge is 0.343 e. The number of fused-ring (bicyclic) bond motifs is 3. The second-order valence-electron chi connectivity index (χ2n) is 6.85. The van der Waals surface area contributed by atoms with Gasteiger partial charge in [-0.15, -0.1) is 0 Å². The van der Waals surface area contributed by atoms with E-state index in [1.807, 2.05) is 37.3 Å². The number of nitrogens with zero attached hydrogens (tertiary/aromatic N) is 1. The molecule has 0 atom stereocenters. The minimum absolute atomic E-state index is 0.387. The molecule has 1 aromatic heterocycles. The minimum atomic E-state index is -0.677. The minimum Gasteiger partial charge on any atom is -0.343 e. The third-order valence-electron chi connectivity index (χ3n) is 5.05. The number of amides is 1. The maximum Gasteiger partial charge on any atom is 0.296 e. The first-order chi connectivity index (χ1) is 13.5. The highest BCUT2D eigenvalue weighted by Crippen LogP contribution is 2.31. The molecule has 4 rings (SSSR count). The lowest BCUT2D eigenvalue weighted by Crippen LogP contribution is -2.25. The van der Waals surface area contributed by atoms with E-state index in [-0.39, 0.29) is 0 Å². The Morgan fingerprint density at radius 1 is 1.21 bits per heavy atom. The molecule has 0 saturated heterocycles. The van der Waals surface area contributed by atoms with Crippen LogP contribution in [0, 0.1) is 6.92 Å². The van der Waals surface area contributed by atoms with Crippen LogP contribution >= 0.6 is 27.5 Å². The Bertz CT molecular complexity index is 1080. The molecular weight excluding hydrogens is 442 g/mol. The molecule has 144 valence electrons. The van der Waals surface area contributed by atoms with Crippen molar-refractivity contribution in [3.63, 3.8) is 0 Å². The number of ketones is 1. The van der Waals surface area contributed by atoms with Crippen LogP contribution in [0.15, 0.2) is 40.9 Å². The van der Waals surface area contributed by atoms with Gasteiger partial charge in [0.25, 0.3) is 11.7 Å². The Kier molecular flexibility index (Phi) is 5.27. The van der Waals surface area contributed by atoms with Gasteiger partial charge in [-0.3, -0.25) is 9.59 Å². The van der Waals surface area contributed by atoms with Crippen LogP contribution in [0.2, 0.25) is 5.02 Å². The first-order valence-electron chi connectivity index (χ1n) is 9.09. The molecule has 1 aliphatic rings. The summed E-state index contributed by atoms with van der Waals surface area (Å²) < 4.78 is 2.96. The van der Waals surface area contributed by atoms with Gasteiger partial charge in [0.2, 0.25) is 0 Å². The number of nitrogens with one attached hydrogen (secondary N) is 2. The molecule has 5 nitrogen and oxygen atoms in total. The molecule has 0 saturated carbocycles. The maximum atomic E-state index is 13.2. The highest BCUT2D eigenvalue weighted by atomic mass is 79.9. The van der Waals surface area contributed by atoms with Crippen molar-refractivity contribution in [1.82, 2.24) is 9.88 Å². The van der Waals surface area contributed by atoms with Gasteiger partial charge in [-0.05, 0) is 30.7 Å². The fourth-order valence-electron chi connectivity index (χ4n) is 3.79. The quantitative estimate of drug-likeness (QED) is 0.452. The number of carbonyl (C=O) groups excluding carboxylic acids is 2. The van der Waals surface area contributed by atoms with Gasteiger partial charge >= 0.3 is 0 Å². The van der Waals surface area contributed by atoms with E-state index >= 15 is 0 Å². The van der Waals surface area contributed by atoms with E-state index in [4.69, 9.17) is 11.6 Å². The number of aryl methyl sites for hydroxylation is 1. The third-order valence-corrected chi connectivity index (χ3v) is 5.81. The normalized spacial score (nSPS) is 13.8. The van der Waals surface area contributed by atoms with Gasteiger partial charge in [-0.25, -0.2) is 0 Å². The summed E-state index contributed by atoms with van der Waals surface area (Å²) in [5, 5.41) is 7.27. The summed E-state index contributed by atoms with van der Waals surface area (Å²) in [4.78, 5) is 26.1. The molecule has 0 spiro atoms. The number of aromatic nitrogens is 1. The number of rotatable bonds is 3. The molecule has 1 amide bonds. The Balaban J connectivity index is 1.75. The van der Waals surface area contributed by atoms with Gasteiger partial charge < -0.3 is 15.2 Å². The molecule has 2 heterocycles. The van der Waals surface area contributed by atoms with Gasteiger partial charge in [0.1, 0.15) is 0 Å². The molecule has 0 aliphatic carbocycles. The van der Waals surface area contributed by atoms with Crippen molar-refractivity contribution in [2.24, 2.45) is 0 Å². The van der Waals surface area contributed by atoms with Crippen LogP contribution in [0.4, 0.5) is 5.69 Å². The van der Waals surface area contributed by atoms with E-state index < -0.39 is 11.7 Å². The van der Waals surface area contributed by atoms with Gasteiger partial charge in [0.05, 0.1) is 16.3 Å². The second kappa shape index (κ2) is 7.70. The van der Waals surface area contributed by atoms with Crippen molar-refractivity contribution < 1.29 is 9.59 Å². The Hall–Kier alpha value is -2.15. The number of hydrogen-bond donors (Lipinski definition) is 2. The van der Waals surface area contributed by atoms with Crippen molar-refractivity contribution in [3.05, 3.63) is 62.7 Å². The Morgan fingerprint density at radius 3 is 2.79 bits per heavy atom. The molecule has 0 radical (unpaired) electrons. The van der Waals surface area contributed by atoms with Crippen LogP contribution in [0.5, 0.6) is 0 Å². The topological polar surface area (TPSA) is 63.1 Å². The van der Waals surface area contributed by atoms with Crippen LogP contribution in [0.1, 0.15) is 21.6 Å². The van der Waals surface area contributed by atoms with Crippen molar-refractivity contribution in [3.8, 4) is 0 Å². The van der Waals surface area contributed by atoms with Gasteiger partial charge in [-0.2, -0.15) is 0 Å². The summed E-state index contributed by atoms with van der Waals surface area (Å²) in [6.45, 7) is 4.21. The van der Waals surface area contributed by atoms with Crippen molar-refractivity contribution in [1.29, 1.82) is 0 Å². The standard InChI is InChI=1S/C21H19BrClN3O2/c1-12-10-13(22)11-15(23)19(12)25-21(28)20(27)18-14-4-2-3-5-16(14)26-9-8-24-7-6-17(18)26/h2-5,10-11,24H,6-9H2,1H3,(H,25,28). The summed E-state index contributed by atoms with van der Waals surface area (Å²) in [7, 11) is 0. The number of Topliss-reactive ketones (excluding diaryl/α,β-unsaturated/α-hetero) is 1. The monoisotopic (exact) mass is 459 g/mol. The molecule has 2 aromatic carbocycles. The van der Waals surface area contributed by atoms with E-state index in [0.29, 0.717) is 22.7 Å². The van der Waals surface area contributed by atoms with Crippen LogP contribution < -0.4 is 10.6 Å². The lowest BCUT2D eigenvalue weighted by Gasteiger charge is -2.11. The SMILES string of the molecule is Cc1cc(Br)cc(Cl)c1NC(=O)C(=O)c1c2n(c3ccccc13)CCNCC2. The molecule has 7 heteroatoms. The Morgan fingerprint density at radius 2 is 2.00 bits per heavy atom. The van der Waals surface area contributed by atoms with Crippen LogP contribution in [-0.4, -0.2) is 29.3 Å². The summed E-state index contributed by atoms with van der Waals surface area (Å²) in [5.41, 5.74) is 3.62. The second-order valence-corrected chi connectivity index (χ2v) is 8.18. The number of hydrogen-bond acceptors (Lipinski definition) is 3. The molecule has 1 aliphatic heterocycles. The summed E-state index contributed by atoms with van der Waals surface area (Å²) in [6, 6.07) is 11.3. The van der Waals surface area contributed by atoms with E-state index in [0.717, 1.165) is 46.3 Å². The summed E-state index contributed by atoms with van der Waals surface area (Å²) >= 11 is 9.65. The van der Waals surface area contributed by atoms with Crippen LogP contribution in [-0.2, 0) is 17.8 Å². The van der Waals surface area contributed by atoms with Gasteiger partial charge in [0.15, 0.2) is 0 Å². The molecule has 0 unspecified atom stereocenters. The number of benzene rings is 2. The first kappa shape index (κ1) is 19.2. The zero-order valence-corrected chi connectivity index (χ0v) is 17.7.